The Bertz CT molecular complexity index is 461. The molecule has 0 aromatic heterocycles. The van der Waals surface area contributed by atoms with Crippen molar-refractivity contribution in [1.82, 2.24) is 10.2 Å². The fourth-order valence-electron chi connectivity index (χ4n) is 2.96. The lowest BCUT2D eigenvalue weighted by atomic mass is 10.0. The van der Waals surface area contributed by atoms with Gasteiger partial charge >= 0.3 is 0 Å². The molecule has 1 heterocycles. The molecule has 0 bridgehead atoms. The van der Waals surface area contributed by atoms with Crippen LogP contribution in [-0.2, 0) is 9.53 Å². The molecule has 116 valence electrons. The normalized spacial score (nSPS) is 23.9. The summed E-state index contributed by atoms with van der Waals surface area (Å²) in [6.07, 6.45) is 0.821. The molecular weight excluding hydrogens is 264 g/mol. The van der Waals surface area contributed by atoms with Gasteiger partial charge in [-0.05, 0) is 17.9 Å². The zero-order valence-electron chi connectivity index (χ0n) is 13.4. The van der Waals surface area contributed by atoms with Crippen molar-refractivity contribution in [3.8, 4) is 0 Å². The van der Waals surface area contributed by atoms with Crippen molar-refractivity contribution < 1.29 is 9.53 Å². The van der Waals surface area contributed by atoms with Gasteiger partial charge in [0.2, 0.25) is 5.91 Å². The van der Waals surface area contributed by atoms with Crippen molar-refractivity contribution in [2.24, 2.45) is 5.92 Å². The standard InChI is InChI=1S/C17H26N2O2/c1-5-14(11-21-4)19-16(13-9-7-6-8-10-13)18-15(12(2)3)17(19)20/h6-10,12,14-16,18H,5,11H2,1-4H3. The van der Waals surface area contributed by atoms with Gasteiger partial charge < -0.3 is 9.64 Å². The van der Waals surface area contributed by atoms with Crippen LogP contribution < -0.4 is 5.32 Å². The lowest BCUT2D eigenvalue weighted by Crippen LogP contribution is -2.42. The first-order valence-corrected chi connectivity index (χ1v) is 7.72. The van der Waals surface area contributed by atoms with Crippen LogP contribution in [-0.4, -0.2) is 36.6 Å². The van der Waals surface area contributed by atoms with Crippen LogP contribution in [0.5, 0.6) is 0 Å². The summed E-state index contributed by atoms with van der Waals surface area (Å²) in [6, 6.07) is 10.1. The lowest BCUT2D eigenvalue weighted by molar-refractivity contribution is -0.134. The molecule has 1 aliphatic rings. The first kappa shape index (κ1) is 16.0. The number of carbonyl (C=O) groups is 1. The van der Waals surface area contributed by atoms with Gasteiger partial charge in [-0.25, -0.2) is 0 Å². The molecule has 21 heavy (non-hydrogen) atoms. The number of carbonyl (C=O) groups excluding carboxylic acids is 1. The summed E-state index contributed by atoms with van der Waals surface area (Å²) in [6.45, 7) is 6.83. The zero-order valence-corrected chi connectivity index (χ0v) is 13.4. The highest BCUT2D eigenvalue weighted by Gasteiger charge is 2.43. The molecule has 3 atom stereocenters. The smallest absolute Gasteiger partial charge is 0.241 e. The largest absolute Gasteiger partial charge is 0.383 e. The fraction of sp³-hybridized carbons (Fsp3) is 0.588. The van der Waals surface area contributed by atoms with E-state index in [0.29, 0.717) is 6.61 Å². The molecule has 2 rings (SSSR count). The molecule has 1 aliphatic heterocycles. The molecule has 1 aromatic carbocycles. The number of rotatable bonds is 6. The monoisotopic (exact) mass is 290 g/mol. The van der Waals surface area contributed by atoms with E-state index < -0.39 is 0 Å². The van der Waals surface area contributed by atoms with E-state index in [0.717, 1.165) is 12.0 Å². The Morgan fingerprint density at radius 1 is 1.29 bits per heavy atom. The second-order valence-electron chi connectivity index (χ2n) is 5.96. The Morgan fingerprint density at radius 3 is 2.48 bits per heavy atom. The number of amides is 1. The summed E-state index contributed by atoms with van der Waals surface area (Å²) in [5.74, 6) is 0.455. The van der Waals surface area contributed by atoms with Crippen molar-refractivity contribution in [3.63, 3.8) is 0 Å². The van der Waals surface area contributed by atoms with Gasteiger partial charge in [-0.2, -0.15) is 0 Å². The Labute approximate surface area is 127 Å². The molecule has 4 heteroatoms. The molecule has 1 saturated heterocycles. The number of hydrogen-bond acceptors (Lipinski definition) is 3. The Hall–Kier alpha value is -1.39. The molecule has 1 amide bonds. The van der Waals surface area contributed by atoms with E-state index >= 15 is 0 Å². The van der Waals surface area contributed by atoms with Crippen LogP contribution in [0.15, 0.2) is 30.3 Å². The van der Waals surface area contributed by atoms with Gasteiger partial charge in [-0.3, -0.25) is 10.1 Å². The number of methoxy groups -OCH3 is 1. The average Bonchev–Trinajstić information content (AvgIpc) is 2.83. The Morgan fingerprint density at radius 2 is 1.95 bits per heavy atom. The number of nitrogens with one attached hydrogen (secondary N) is 1. The third kappa shape index (κ3) is 3.27. The van der Waals surface area contributed by atoms with E-state index in [2.05, 4.69) is 38.2 Å². The highest BCUT2D eigenvalue weighted by Crippen LogP contribution is 2.30. The quantitative estimate of drug-likeness (QED) is 0.875. The highest BCUT2D eigenvalue weighted by atomic mass is 16.5. The van der Waals surface area contributed by atoms with E-state index in [1.54, 1.807) is 7.11 Å². The van der Waals surface area contributed by atoms with Crippen LogP contribution in [0.3, 0.4) is 0 Å². The molecule has 1 aromatic rings. The Balaban J connectivity index is 2.33. The molecule has 4 nitrogen and oxygen atoms in total. The zero-order chi connectivity index (χ0) is 15.4. The van der Waals surface area contributed by atoms with E-state index in [4.69, 9.17) is 4.74 Å². The molecule has 3 unspecified atom stereocenters. The van der Waals surface area contributed by atoms with Gasteiger partial charge in [-0.1, -0.05) is 51.1 Å². The van der Waals surface area contributed by atoms with Gasteiger partial charge in [-0.15, -0.1) is 0 Å². The van der Waals surface area contributed by atoms with Crippen molar-refractivity contribution >= 4 is 5.91 Å². The minimum Gasteiger partial charge on any atom is -0.383 e. The topological polar surface area (TPSA) is 41.6 Å². The number of ether oxygens (including phenoxy) is 1. The SMILES string of the molecule is CCC(COC)N1C(=O)C(C(C)C)NC1c1ccccc1. The maximum absolute atomic E-state index is 12.8. The summed E-state index contributed by atoms with van der Waals surface area (Å²) >= 11 is 0. The van der Waals surface area contributed by atoms with Crippen LogP contribution in [0.4, 0.5) is 0 Å². The van der Waals surface area contributed by atoms with Crippen molar-refractivity contribution in [2.45, 2.75) is 45.4 Å². The molecule has 1 fully saturated rings. The van der Waals surface area contributed by atoms with Crippen LogP contribution in [0.1, 0.15) is 38.9 Å². The van der Waals surface area contributed by atoms with E-state index in [1.165, 1.54) is 0 Å². The van der Waals surface area contributed by atoms with Gasteiger partial charge in [0.1, 0.15) is 6.17 Å². The van der Waals surface area contributed by atoms with Gasteiger partial charge in [0, 0.05) is 7.11 Å². The van der Waals surface area contributed by atoms with E-state index in [-0.39, 0.29) is 30.1 Å². The minimum atomic E-state index is -0.124. The predicted octanol–water partition coefficient (Wildman–Crippen LogP) is 2.57. The summed E-state index contributed by atoms with van der Waals surface area (Å²) in [5, 5.41) is 3.50. The second-order valence-corrected chi connectivity index (χ2v) is 5.96. The number of benzene rings is 1. The van der Waals surface area contributed by atoms with Gasteiger partial charge in [0.25, 0.3) is 0 Å². The minimum absolute atomic E-state index is 0.0637. The van der Waals surface area contributed by atoms with Crippen LogP contribution in [0, 0.1) is 5.92 Å². The highest BCUT2D eigenvalue weighted by molar-refractivity contribution is 5.85. The third-order valence-electron chi connectivity index (χ3n) is 4.14. The Kier molecular flexibility index (Phi) is 5.37. The first-order chi connectivity index (χ1) is 10.1. The summed E-state index contributed by atoms with van der Waals surface area (Å²) < 4.78 is 5.31. The van der Waals surface area contributed by atoms with Crippen LogP contribution in [0.25, 0.3) is 0 Å². The van der Waals surface area contributed by atoms with Crippen LogP contribution >= 0.6 is 0 Å². The average molecular weight is 290 g/mol. The van der Waals surface area contributed by atoms with Gasteiger partial charge in [0.15, 0.2) is 0 Å². The maximum Gasteiger partial charge on any atom is 0.241 e. The third-order valence-corrected chi connectivity index (χ3v) is 4.14. The molecule has 0 saturated carbocycles. The van der Waals surface area contributed by atoms with Crippen molar-refractivity contribution in [1.29, 1.82) is 0 Å². The first-order valence-electron chi connectivity index (χ1n) is 7.72. The molecule has 1 N–H and O–H groups in total. The van der Waals surface area contributed by atoms with Crippen LogP contribution in [0.2, 0.25) is 0 Å². The maximum atomic E-state index is 12.8. The molecule has 0 radical (unpaired) electrons. The van der Waals surface area contributed by atoms with Crippen molar-refractivity contribution in [3.05, 3.63) is 35.9 Å². The number of hydrogen-bond donors (Lipinski definition) is 1. The number of nitrogens with zero attached hydrogens (tertiary/aromatic N) is 1. The fourth-order valence-corrected chi connectivity index (χ4v) is 2.96. The summed E-state index contributed by atoms with van der Waals surface area (Å²) in [4.78, 5) is 14.8. The van der Waals surface area contributed by atoms with E-state index in [9.17, 15) is 4.79 Å². The summed E-state index contributed by atoms with van der Waals surface area (Å²) in [7, 11) is 1.69. The lowest BCUT2D eigenvalue weighted by Gasteiger charge is -2.32. The van der Waals surface area contributed by atoms with E-state index in [1.807, 2.05) is 23.1 Å². The van der Waals surface area contributed by atoms with Gasteiger partial charge in [0.05, 0.1) is 18.7 Å². The molecule has 0 spiro atoms. The van der Waals surface area contributed by atoms with Crippen molar-refractivity contribution in [2.75, 3.05) is 13.7 Å². The summed E-state index contributed by atoms with van der Waals surface area (Å²) in [5.41, 5.74) is 1.13. The second kappa shape index (κ2) is 7.05. The predicted molar refractivity (Wildman–Crippen MR) is 83.7 cm³/mol. The molecule has 0 aliphatic carbocycles. The molecular formula is C17H26N2O2.